The summed E-state index contributed by atoms with van der Waals surface area (Å²) in [6.45, 7) is 2.05. The molecule has 3 rings (SSSR count). The average molecular weight is 272 g/mol. The molecular weight excluding hydrogens is 258 g/mol. The molecule has 0 spiro atoms. The van der Waals surface area contributed by atoms with Crippen molar-refractivity contribution in [3.8, 4) is 11.4 Å². The molecule has 1 aliphatic rings. The number of nitrogens with zero attached hydrogens (tertiary/aromatic N) is 2. The third kappa shape index (κ3) is 2.68. The van der Waals surface area contributed by atoms with Crippen LogP contribution in [-0.2, 0) is 0 Å². The van der Waals surface area contributed by atoms with Crippen LogP contribution in [0, 0.1) is 0 Å². The Labute approximate surface area is 110 Å². The molecule has 0 aliphatic carbocycles. The molecule has 1 unspecified atom stereocenters. The minimum absolute atomic E-state index is 0. The number of halogens is 1. The fraction of sp³-hybridized carbons (Fsp3) is 0.455. The molecule has 1 aliphatic heterocycles. The zero-order chi connectivity index (χ0) is 10.8. The first-order chi connectivity index (χ1) is 7.93. The van der Waals surface area contributed by atoms with Crippen LogP contribution in [0.4, 0.5) is 0 Å². The lowest BCUT2D eigenvalue weighted by molar-refractivity contribution is 0.322. The predicted molar refractivity (Wildman–Crippen MR) is 69.7 cm³/mol. The number of piperidine rings is 1. The minimum Gasteiger partial charge on any atom is -0.339 e. The van der Waals surface area contributed by atoms with E-state index in [9.17, 15) is 0 Å². The van der Waals surface area contributed by atoms with E-state index in [0.29, 0.717) is 11.7 Å². The van der Waals surface area contributed by atoms with E-state index >= 15 is 0 Å². The van der Waals surface area contributed by atoms with Gasteiger partial charge >= 0.3 is 0 Å². The molecular formula is C11H14ClN3OS. The minimum atomic E-state index is 0. The van der Waals surface area contributed by atoms with Gasteiger partial charge in [-0.05, 0) is 30.8 Å². The van der Waals surface area contributed by atoms with Crippen LogP contribution in [0.3, 0.4) is 0 Å². The standard InChI is InChI=1S/C11H13N3OS.ClH/c1-2-8(6-12-4-1)11-13-10(14-15-11)9-3-5-16-7-9;/h3,5,7-8,12H,1-2,4,6H2;1H. The Morgan fingerprint density at radius 3 is 3.12 bits per heavy atom. The summed E-state index contributed by atoms with van der Waals surface area (Å²) in [6, 6.07) is 2.01. The predicted octanol–water partition coefficient (Wildman–Crippen LogP) is 2.69. The van der Waals surface area contributed by atoms with Gasteiger partial charge in [-0.25, -0.2) is 0 Å². The first kappa shape index (κ1) is 12.5. The topological polar surface area (TPSA) is 51.0 Å². The largest absolute Gasteiger partial charge is 0.339 e. The van der Waals surface area contributed by atoms with Gasteiger partial charge in [0.05, 0.1) is 5.92 Å². The van der Waals surface area contributed by atoms with Crippen LogP contribution < -0.4 is 5.32 Å². The van der Waals surface area contributed by atoms with Gasteiger partial charge in [-0.1, -0.05) is 5.16 Å². The second-order valence-corrected chi connectivity index (χ2v) is 4.79. The van der Waals surface area contributed by atoms with Gasteiger partial charge in [0, 0.05) is 17.5 Å². The molecule has 2 aromatic heterocycles. The van der Waals surface area contributed by atoms with Gasteiger partial charge in [0.15, 0.2) is 0 Å². The molecule has 0 saturated carbocycles. The van der Waals surface area contributed by atoms with Crippen LogP contribution in [-0.4, -0.2) is 23.2 Å². The maximum absolute atomic E-state index is 5.33. The van der Waals surface area contributed by atoms with Crippen LogP contribution in [0.25, 0.3) is 11.4 Å². The first-order valence-corrected chi connectivity index (χ1v) is 6.44. The van der Waals surface area contributed by atoms with E-state index in [1.165, 1.54) is 6.42 Å². The average Bonchev–Trinajstić information content (AvgIpc) is 3.01. The van der Waals surface area contributed by atoms with Crippen molar-refractivity contribution in [2.75, 3.05) is 13.1 Å². The maximum atomic E-state index is 5.33. The van der Waals surface area contributed by atoms with Crippen molar-refractivity contribution in [2.45, 2.75) is 18.8 Å². The van der Waals surface area contributed by atoms with Crippen molar-refractivity contribution in [1.29, 1.82) is 0 Å². The van der Waals surface area contributed by atoms with Gasteiger partial charge < -0.3 is 9.84 Å². The normalized spacial score (nSPS) is 19.9. The summed E-state index contributed by atoms with van der Waals surface area (Å²) >= 11 is 1.65. The smallest absolute Gasteiger partial charge is 0.231 e. The SMILES string of the molecule is Cl.c1cc(-c2noc(C3CCCNC3)n2)cs1. The van der Waals surface area contributed by atoms with Crippen LogP contribution in [0.15, 0.2) is 21.3 Å². The highest BCUT2D eigenvalue weighted by Gasteiger charge is 2.21. The van der Waals surface area contributed by atoms with Crippen LogP contribution >= 0.6 is 23.7 Å². The molecule has 0 aromatic carbocycles. The molecule has 2 aromatic rings. The van der Waals surface area contributed by atoms with Gasteiger partial charge in [-0.2, -0.15) is 16.3 Å². The third-order valence-electron chi connectivity index (χ3n) is 2.87. The van der Waals surface area contributed by atoms with Crippen LogP contribution in [0.1, 0.15) is 24.7 Å². The van der Waals surface area contributed by atoms with E-state index in [0.717, 1.165) is 31.0 Å². The Balaban J connectivity index is 0.00000108. The van der Waals surface area contributed by atoms with Gasteiger partial charge in [0.1, 0.15) is 0 Å². The first-order valence-electron chi connectivity index (χ1n) is 5.50. The van der Waals surface area contributed by atoms with Crippen molar-refractivity contribution in [1.82, 2.24) is 15.5 Å². The number of aromatic nitrogens is 2. The lowest BCUT2D eigenvalue weighted by Crippen LogP contribution is -2.28. The summed E-state index contributed by atoms with van der Waals surface area (Å²) < 4.78 is 5.33. The van der Waals surface area contributed by atoms with Gasteiger partial charge in [-0.3, -0.25) is 0 Å². The summed E-state index contributed by atoms with van der Waals surface area (Å²) in [6.07, 6.45) is 2.32. The number of thiophene rings is 1. The molecule has 4 nitrogen and oxygen atoms in total. The molecule has 1 saturated heterocycles. The number of hydrogen-bond donors (Lipinski definition) is 1. The zero-order valence-electron chi connectivity index (χ0n) is 9.26. The third-order valence-corrected chi connectivity index (χ3v) is 3.55. The van der Waals surface area contributed by atoms with Crippen molar-refractivity contribution in [3.63, 3.8) is 0 Å². The highest BCUT2D eigenvalue weighted by molar-refractivity contribution is 7.08. The maximum Gasteiger partial charge on any atom is 0.231 e. The highest BCUT2D eigenvalue weighted by atomic mass is 35.5. The Hall–Kier alpha value is -0.910. The molecule has 6 heteroatoms. The second-order valence-electron chi connectivity index (χ2n) is 4.01. The fourth-order valence-electron chi connectivity index (χ4n) is 1.97. The Kier molecular flexibility index (Phi) is 4.15. The van der Waals surface area contributed by atoms with Crippen molar-refractivity contribution in [3.05, 3.63) is 22.7 Å². The van der Waals surface area contributed by atoms with E-state index in [4.69, 9.17) is 4.52 Å². The molecule has 1 fully saturated rings. The van der Waals surface area contributed by atoms with Crippen LogP contribution in [0.2, 0.25) is 0 Å². The summed E-state index contributed by atoms with van der Waals surface area (Å²) in [7, 11) is 0. The molecule has 0 bridgehead atoms. The van der Waals surface area contributed by atoms with E-state index < -0.39 is 0 Å². The van der Waals surface area contributed by atoms with E-state index in [1.807, 2.05) is 16.8 Å². The van der Waals surface area contributed by atoms with Crippen molar-refractivity contribution in [2.24, 2.45) is 0 Å². The number of nitrogens with one attached hydrogen (secondary N) is 1. The van der Waals surface area contributed by atoms with Gasteiger partial charge in [-0.15, -0.1) is 12.4 Å². The lowest BCUT2D eigenvalue weighted by Gasteiger charge is -2.18. The zero-order valence-corrected chi connectivity index (χ0v) is 10.9. The Morgan fingerprint density at radius 1 is 1.47 bits per heavy atom. The summed E-state index contributed by atoms with van der Waals surface area (Å²) in [5, 5.41) is 11.4. The molecule has 92 valence electrons. The second kappa shape index (κ2) is 5.62. The molecule has 1 N–H and O–H groups in total. The van der Waals surface area contributed by atoms with E-state index in [1.54, 1.807) is 11.3 Å². The fourth-order valence-corrected chi connectivity index (χ4v) is 2.61. The summed E-state index contributed by atoms with van der Waals surface area (Å²) in [5.41, 5.74) is 1.05. The molecule has 3 heterocycles. The number of hydrogen-bond acceptors (Lipinski definition) is 5. The quantitative estimate of drug-likeness (QED) is 0.912. The van der Waals surface area contributed by atoms with E-state index in [-0.39, 0.29) is 12.4 Å². The van der Waals surface area contributed by atoms with Gasteiger partial charge in [0.2, 0.25) is 11.7 Å². The lowest BCUT2D eigenvalue weighted by atomic mass is 10.00. The summed E-state index contributed by atoms with van der Waals surface area (Å²) in [4.78, 5) is 4.47. The molecule has 1 atom stereocenters. The Morgan fingerprint density at radius 2 is 2.41 bits per heavy atom. The van der Waals surface area contributed by atoms with Gasteiger partial charge in [0.25, 0.3) is 0 Å². The van der Waals surface area contributed by atoms with Crippen LogP contribution in [0.5, 0.6) is 0 Å². The Bertz CT molecular complexity index is 451. The monoisotopic (exact) mass is 271 g/mol. The summed E-state index contributed by atoms with van der Waals surface area (Å²) in [5.74, 6) is 1.86. The van der Waals surface area contributed by atoms with Crippen molar-refractivity contribution >= 4 is 23.7 Å². The molecule has 0 amide bonds. The number of rotatable bonds is 2. The van der Waals surface area contributed by atoms with E-state index in [2.05, 4.69) is 15.5 Å². The molecule has 17 heavy (non-hydrogen) atoms. The molecule has 0 radical (unpaired) electrons. The van der Waals surface area contributed by atoms with Crippen molar-refractivity contribution < 1.29 is 4.52 Å². The highest BCUT2D eigenvalue weighted by Crippen LogP contribution is 2.25.